The molecule has 1 aromatic heterocycles. The standard InChI is InChI=1S/C17H23N3O/c18-9-8-14-5-4-10-20(12-14)13-16-11-17(19-21-16)15-6-2-1-3-7-15/h1-3,6-7,11,14H,4-5,8-10,12-13,18H2. The van der Waals surface area contributed by atoms with Crippen molar-refractivity contribution in [1.29, 1.82) is 0 Å². The average molecular weight is 285 g/mol. The van der Waals surface area contributed by atoms with Crippen molar-refractivity contribution in [3.8, 4) is 11.3 Å². The van der Waals surface area contributed by atoms with E-state index < -0.39 is 0 Å². The van der Waals surface area contributed by atoms with Crippen LogP contribution in [-0.2, 0) is 6.54 Å². The molecular formula is C17H23N3O. The van der Waals surface area contributed by atoms with Crippen molar-refractivity contribution >= 4 is 0 Å². The first-order valence-corrected chi connectivity index (χ1v) is 7.78. The second-order valence-electron chi connectivity index (χ2n) is 5.87. The lowest BCUT2D eigenvalue weighted by molar-refractivity contribution is 0.149. The molecule has 2 aromatic rings. The van der Waals surface area contributed by atoms with Gasteiger partial charge in [0.1, 0.15) is 5.69 Å². The van der Waals surface area contributed by atoms with Crippen LogP contribution in [0.3, 0.4) is 0 Å². The van der Waals surface area contributed by atoms with Gasteiger partial charge < -0.3 is 10.3 Å². The van der Waals surface area contributed by atoms with Crippen molar-refractivity contribution < 1.29 is 4.52 Å². The van der Waals surface area contributed by atoms with Crippen LogP contribution in [0.25, 0.3) is 11.3 Å². The summed E-state index contributed by atoms with van der Waals surface area (Å²) in [6.45, 7) is 3.90. The summed E-state index contributed by atoms with van der Waals surface area (Å²) in [5.41, 5.74) is 7.70. The van der Waals surface area contributed by atoms with Crippen molar-refractivity contribution in [3.63, 3.8) is 0 Å². The third-order valence-electron chi connectivity index (χ3n) is 4.19. The van der Waals surface area contributed by atoms with Gasteiger partial charge in [0.05, 0.1) is 6.54 Å². The normalized spacial score (nSPS) is 19.8. The average Bonchev–Trinajstić information content (AvgIpc) is 2.97. The third kappa shape index (κ3) is 3.71. The Labute approximate surface area is 125 Å². The van der Waals surface area contributed by atoms with Gasteiger partial charge in [-0.2, -0.15) is 0 Å². The molecule has 0 aliphatic carbocycles. The SMILES string of the molecule is NCCC1CCCN(Cc2cc(-c3ccccc3)no2)C1. The third-order valence-corrected chi connectivity index (χ3v) is 4.19. The quantitative estimate of drug-likeness (QED) is 0.917. The molecule has 1 saturated heterocycles. The molecule has 3 rings (SSSR count). The first kappa shape index (κ1) is 14.3. The maximum Gasteiger partial charge on any atom is 0.151 e. The zero-order valence-electron chi connectivity index (χ0n) is 12.4. The summed E-state index contributed by atoms with van der Waals surface area (Å²) in [7, 11) is 0. The monoisotopic (exact) mass is 285 g/mol. The van der Waals surface area contributed by atoms with Gasteiger partial charge in [-0.15, -0.1) is 0 Å². The van der Waals surface area contributed by atoms with E-state index in [0.29, 0.717) is 0 Å². The fourth-order valence-corrected chi connectivity index (χ4v) is 3.12. The predicted molar refractivity (Wildman–Crippen MR) is 83.6 cm³/mol. The molecule has 1 aliphatic heterocycles. The Hall–Kier alpha value is -1.65. The largest absolute Gasteiger partial charge is 0.359 e. The molecule has 0 spiro atoms. The van der Waals surface area contributed by atoms with Gasteiger partial charge >= 0.3 is 0 Å². The molecule has 2 N–H and O–H groups in total. The van der Waals surface area contributed by atoms with Crippen LogP contribution in [0.1, 0.15) is 25.0 Å². The Bertz CT molecular complexity index is 550. The van der Waals surface area contributed by atoms with Gasteiger partial charge in [0.25, 0.3) is 0 Å². The Kier molecular flexibility index (Phi) is 4.68. The number of benzene rings is 1. The van der Waals surface area contributed by atoms with Crippen LogP contribution < -0.4 is 5.73 Å². The number of aromatic nitrogens is 1. The zero-order chi connectivity index (χ0) is 14.5. The van der Waals surface area contributed by atoms with Crippen LogP contribution in [0.4, 0.5) is 0 Å². The molecular weight excluding hydrogens is 262 g/mol. The fourth-order valence-electron chi connectivity index (χ4n) is 3.12. The molecule has 0 bridgehead atoms. The molecule has 1 fully saturated rings. The van der Waals surface area contributed by atoms with Gasteiger partial charge in [0, 0.05) is 18.2 Å². The van der Waals surface area contributed by atoms with E-state index in [1.165, 1.54) is 12.8 Å². The molecule has 112 valence electrons. The predicted octanol–water partition coefficient (Wildman–Crippen LogP) is 2.90. The molecule has 0 amide bonds. The van der Waals surface area contributed by atoms with Crippen molar-refractivity contribution in [2.75, 3.05) is 19.6 Å². The van der Waals surface area contributed by atoms with Crippen molar-refractivity contribution in [3.05, 3.63) is 42.2 Å². The van der Waals surface area contributed by atoms with E-state index in [0.717, 1.165) is 55.5 Å². The summed E-state index contributed by atoms with van der Waals surface area (Å²) >= 11 is 0. The number of piperidine rings is 1. The minimum absolute atomic E-state index is 0.736. The van der Waals surface area contributed by atoms with Crippen molar-refractivity contribution in [2.45, 2.75) is 25.8 Å². The number of hydrogen-bond donors (Lipinski definition) is 1. The smallest absolute Gasteiger partial charge is 0.151 e. The summed E-state index contributed by atoms with van der Waals surface area (Å²) in [4.78, 5) is 2.46. The lowest BCUT2D eigenvalue weighted by atomic mass is 9.95. The van der Waals surface area contributed by atoms with E-state index in [9.17, 15) is 0 Å². The highest BCUT2D eigenvalue weighted by Gasteiger charge is 2.20. The second kappa shape index (κ2) is 6.87. The summed E-state index contributed by atoms with van der Waals surface area (Å²) < 4.78 is 5.50. The number of rotatable bonds is 5. The molecule has 4 heteroatoms. The molecule has 21 heavy (non-hydrogen) atoms. The van der Waals surface area contributed by atoms with Gasteiger partial charge in [-0.1, -0.05) is 35.5 Å². The van der Waals surface area contributed by atoms with Crippen molar-refractivity contribution in [1.82, 2.24) is 10.1 Å². The van der Waals surface area contributed by atoms with Gasteiger partial charge in [-0.25, -0.2) is 0 Å². The van der Waals surface area contributed by atoms with E-state index in [1.807, 2.05) is 18.2 Å². The molecule has 4 nitrogen and oxygen atoms in total. The van der Waals surface area contributed by atoms with Crippen LogP contribution >= 0.6 is 0 Å². The van der Waals surface area contributed by atoms with E-state index in [2.05, 4.69) is 28.3 Å². The van der Waals surface area contributed by atoms with Crippen LogP contribution in [0.5, 0.6) is 0 Å². The Morgan fingerprint density at radius 3 is 2.95 bits per heavy atom. The lowest BCUT2D eigenvalue weighted by Crippen LogP contribution is -2.35. The maximum absolute atomic E-state index is 5.68. The van der Waals surface area contributed by atoms with Crippen LogP contribution in [0, 0.1) is 5.92 Å². The molecule has 1 aromatic carbocycles. The molecule has 0 saturated carbocycles. The van der Waals surface area contributed by atoms with Crippen LogP contribution in [-0.4, -0.2) is 29.7 Å². The fraction of sp³-hybridized carbons (Fsp3) is 0.471. The molecule has 2 heterocycles. The van der Waals surface area contributed by atoms with Gasteiger partial charge in [0.2, 0.25) is 0 Å². The van der Waals surface area contributed by atoms with E-state index in [1.54, 1.807) is 0 Å². The molecule has 1 atom stereocenters. The number of hydrogen-bond acceptors (Lipinski definition) is 4. The van der Waals surface area contributed by atoms with Gasteiger partial charge in [-0.05, 0) is 38.3 Å². The topological polar surface area (TPSA) is 55.3 Å². The van der Waals surface area contributed by atoms with E-state index in [4.69, 9.17) is 10.3 Å². The first-order chi connectivity index (χ1) is 10.3. The van der Waals surface area contributed by atoms with Gasteiger partial charge in [-0.3, -0.25) is 4.90 Å². The summed E-state index contributed by atoms with van der Waals surface area (Å²) in [5, 5.41) is 4.19. The van der Waals surface area contributed by atoms with E-state index in [-0.39, 0.29) is 0 Å². The van der Waals surface area contributed by atoms with Crippen LogP contribution in [0.15, 0.2) is 40.9 Å². The lowest BCUT2D eigenvalue weighted by Gasteiger charge is -2.31. The summed E-state index contributed by atoms with van der Waals surface area (Å²) in [5.74, 6) is 1.68. The number of nitrogens with zero attached hydrogens (tertiary/aromatic N) is 2. The minimum Gasteiger partial charge on any atom is -0.359 e. The van der Waals surface area contributed by atoms with Crippen LogP contribution in [0.2, 0.25) is 0 Å². The summed E-state index contributed by atoms with van der Waals surface area (Å²) in [6, 6.07) is 12.2. The molecule has 1 aliphatic rings. The Morgan fingerprint density at radius 2 is 2.14 bits per heavy atom. The minimum atomic E-state index is 0.736. The number of nitrogens with two attached hydrogens (primary N) is 1. The summed E-state index contributed by atoms with van der Waals surface area (Å²) in [6.07, 6.45) is 3.69. The molecule has 1 unspecified atom stereocenters. The van der Waals surface area contributed by atoms with E-state index >= 15 is 0 Å². The molecule has 0 radical (unpaired) electrons. The Balaban J connectivity index is 1.62. The first-order valence-electron chi connectivity index (χ1n) is 7.78. The zero-order valence-corrected chi connectivity index (χ0v) is 12.4. The highest BCUT2D eigenvalue weighted by Crippen LogP contribution is 2.23. The van der Waals surface area contributed by atoms with Gasteiger partial charge in [0.15, 0.2) is 5.76 Å². The Morgan fingerprint density at radius 1 is 1.29 bits per heavy atom. The number of likely N-dealkylation sites (tertiary alicyclic amines) is 1. The highest BCUT2D eigenvalue weighted by molar-refractivity contribution is 5.58. The highest BCUT2D eigenvalue weighted by atomic mass is 16.5. The van der Waals surface area contributed by atoms with Crippen molar-refractivity contribution in [2.24, 2.45) is 11.7 Å². The second-order valence-corrected chi connectivity index (χ2v) is 5.87. The maximum atomic E-state index is 5.68.